The molecule has 0 amide bonds. The van der Waals surface area contributed by atoms with E-state index in [1.807, 2.05) is 0 Å². The summed E-state index contributed by atoms with van der Waals surface area (Å²) < 4.78 is 0. The minimum atomic E-state index is 0.918. The fraction of sp³-hybridized carbons (Fsp3) is 0.818. The summed E-state index contributed by atoms with van der Waals surface area (Å²) >= 11 is 0. The summed E-state index contributed by atoms with van der Waals surface area (Å²) in [5.41, 5.74) is 1.62. The van der Waals surface area contributed by atoms with Gasteiger partial charge in [-0.1, -0.05) is 45.3 Å². The van der Waals surface area contributed by atoms with E-state index in [-0.39, 0.29) is 0 Å². The first-order valence-corrected chi connectivity index (χ1v) is 4.92. The van der Waals surface area contributed by atoms with Crippen molar-refractivity contribution in [1.82, 2.24) is 0 Å². The van der Waals surface area contributed by atoms with Crippen molar-refractivity contribution >= 4 is 0 Å². The zero-order chi connectivity index (χ0) is 8.69. The SMILES string of the molecule is C/C=C(/CC)CC(CC)CC. The van der Waals surface area contributed by atoms with E-state index in [1.54, 1.807) is 5.57 Å². The Hall–Kier alpha value is -0.260. The maximum atomic E-state index is 2.29. The van der Waals surface area contributed by atoms with Gasteiger partial charge in [-0.3, -0.25) is 0 Å². The molecule has 0 nitrogen and oxygen atoms in total. The molecule has 0 saturated carbocycles. The lowest BCUT2D eigenvalue weighted by Gasteiger charge is -2.13. The molecule has 0 aliphatic heterocycles. The van der Waals surface area contributed by atoms with Crippen molar-refractivity contribution in [3.05, 3.63) is 11.6 Å². The van der Waals surface area contributed by atoms with E-state index < -0.39 is 0 Å². The maximum Gasteiger partial charge on any atom is -0.0292 e. The molecular weight excluding hydrogens is 132 g/mol. The normalized spacial score (nSPS) is 12.6. The highest BCUT2D eigenvalue weighted by Gasteiger charge is 2.04. The van der Waals surface area contributed by atoms with Gasteiger partial charge in [0.05, 0.1) is 0 Å². The molecule has 0 aromatic rings. The Morgan fingerprint density at radius 3 is 2.00 bits per heavy atom. The highest BCUT2D eigenvalue weighted by atomic mass is 14.1. The highest BCUT2D eigenvalue weighted by Crippen LogP contribution is 2.19. The predicted molar refractivity (Wildman–Crippen MR) is 52.7 cm³/mol. The topological polar surface area (TPSA) is 0 Å². The van der Waals surface area contributed by atoms with Crippen molar-refractivity contribution in [2.75, 3.05) is 0 Å². The van der Waals surface area contributed by atoms with Gasteiger partial charge in [-0.05, 0) is 25.7 Å². The Balaban J connectivity index is 3.78. The van der Waals surface area contributed by atoms with Gasteiger partial charge in [-0.15, -0.1) is 0 Å². The first-order chi connectivity index (χ1) is 5.28. The van der Waals surface area contributed by atoms with Gasteiger partial charge in [0.15, 0.2) is 0 Å². The molecule has 0 saturated heterocycles. The Bertz CT molecular complexity index is 107. The van der Waals surface area contributed by atoms with Crippen molar-refractivity contribution in [2.24, 2.45) is 5.92 Å². The van der Waals surface area contributed by atoms with E-state index in [4.69, 9.17) is 0 Å². The Kier molecular flexibility index (Phi) is 6.30. The summed E-state index contributed by atoms with van der Waals surface area (Å²) in [6.07, 6.45) is 7.48. The van der Waals surface area contributed by atoms with Crippen molar-refractivity contribution in [3.63, 3.8) is 0 Å². The standard InChI is InChI=1S/C11H22/c1-5-10(6-2)9-11(7-3)8-4/h5,11H,6-9H2,1-4H3/b10-5-. The quantitative estimate of drug-likeness (QED) is 0.521. The second-order valence-corrected chi connectivity index (χ2v) is 3.19. The molecule has 0 radical (unpaired) electrons. The van der Waals surface area contributed by atoms with Crippen molar-refractivity contribution in [2.45, 2.75) is 53.4 Å². The van der Waals surface area contributed by atoms with Crippen LogP contribution in [0.2, 0.25) is 0 Å². The van der Waals surface area contributed by atoms with E-state index in [9.17, 15) is 0 Å². The Morgan fingerprint density at radius 2 is 1.73 bits per heavy atom. The van der Waals surface area contributed by atoms with Gasteiger partial charge in [0.25, 0.3) is 0 Å². The Labute approximate surface area is 71.7 Å². The average molecular weight is 154 g/mol. The van der Waals surface area contributed by atoms with Crippen LogP contribution >= 0.6 is 0 Å². The zero-order valence-corrected chi connectivity index (χ0v) is 8.48. The fourth-order valence-corrected chi connectivity index (χ4v) is 1.41. The van der Waals surface area contributed by atoms with E-state index in [0.29, 0.717) is 0 Å². The summed E-state index contributed by atoms with van der Waals surface area (Å²) in [4.78, 5) is 0. The lowest BCUT2D eigenvalue weighted by molar-refractivity contribution is 0.483. The van der Waals surface area contributed by atoms with Crippen LogP contribution in [0.4, 0.5) is 0 Å². The average Bonchev–Trinajstić information content (AvgIpc) is 2.07. The molecule has 0 bridgehead atoms. The third-order valence-electron chi connectivity index (χ3n) is 2.57. The largest absolute Gasteiger partial charge is 0.0885 e. The molecular formula is C11H22. The van der Waals surface area contributed by atoms with Gasteiger partial charge in [0.2, 0.25) is 0 Å². The summed E-state index contributed by atoms with van der Waals surface area (Å²) in [6.45, 7) is 8.98. The second kappa shape index (κ2) is 6.45. The fourth-order valence-electron chi connectivity index (χ4n) is 1.41. The van der Waals surface area contributed by atoms with Crippen molar-refractivity contribution in [1.29, 1.82) is 0 Å². The van der Waals surface area contributed by atoms with E-state index in [0.717, 1.165) is 5.92 Å². The van der Waals surface area contributed by atoms with Crippen molar-refractivity contribution in [3.8, 4) is 0 Å². The third kappa shape index (κ3) is 4.23. The van der Waals surface area contributed by atoms with Gasteiger partial charge >= 0.3 is 0 Å². The molecule has 0 aliphatic rings. The first kappa shape index (κ1) is 10.7. The molecule has 11 heavy (non-hydrogen) atoms. The molecule has 0 atom stereocenters. The smallest absolute Gasteiger partial charge is 0.0292 e. The van der Waals surface area contributed by atoms with Crippen LogP contribution in [0.5, 0.6) is 0 Å². The van der Waals surface area contributed by atoms with Crippen LogP contribution in [0.1, 0.15) is 53.4 Å². The summed E-state index contributed by atoms with van der Waals surface area (Å²) in [7, 11) is 0. The van der Waals surface area contributed by atoms with E-state index in [1.165, 1.54) is 25.7 Å². The second-order valence-electron chi connectivity index (χ2n) is 3.19. The number of hydrogen-bond acceptors (Lipinski definition) is 0. The van der Waals surface area contributed by atoms with Crippen LogP contribution in [0.25, 0.3) is 0 Å². The van der Waals surface area contributed by atoms with Gasteiger partial charge < -0.3 is 0 Å². The van der Waals surface area contributed by atoms with E-state index >= 15 is 0 Å². The molecule has 0 heteroatoms. The van der Waals surface area contributed by atoms with Crippen molar-refractivity contribution < 1.29 is 0 Å². The lowest BCUT2D eigenvalue weighted by Crippen LogP contribution is -1.98. The monoisotopic (exact) mass is 154 g/mol. The van der Waals surface area contributed by atoms with Crippen LogP contribution < -0.4 is 0 Å². The van der Waals surface area contributed by atoms with Gasteiger partial charge in [-0.25, -0.2) is 0 Å². The first-order valence-electron chi connectivity index (χ1n) is 4.92. The summed E-state index contributed by atoms with van der Waals surface area (Å²) in [5.74, 6) is 0.918. The molecule has 0 spiro atoms. The number of hydrogen-bond donors (Lipinski definition) is 0. The number of rotatable bonds is 5. The van der Waals surface area contributed by atoms with Crippen LogP contribution in [-0.4, -0.2) is 0 Å². The minimum Gasteiger partial charge on any atom is -0.0885 e. The maximum absolute atomic E-state index is 2.29. The summed E-state index contributed by atoms with van der Waals surface area (Å²) in [6, 6.07) is 0. The molecule has 0 aliphatic carbocycles. The lowest BCUT2D eigenvalue weighted by atomic mass is 9.93. The predicted octanol–water partition coefficient (Wildman–Crippen LogP) is 4.17. The molecule has 0 unspecified atom stereocenters. The minimum absolute atomic E-state index is 0.918. The molecule has 0 aromatic heterocycles. The van der Waals surface area contributed by atoms with Crippen LogP contribution in [0, 0.1) is 5.92 Å². The molecule has 0 heterocycles. The molecule has 0 aromatic carbocycles. The van der Waals surface area contributed by atoms with Gasteiger partial charge in [-0.2, -0.15) is 0 Å². The highest BCUT2D eigenvalue weighted by molar-refractivity contribution is 5.00. The Morgan fingerprint density at radius 1 is 1.18 bits per heavy atom. The van der Waals surface area contributed by atoms with Crippen LogP contribution in [0.3, 0.4) is 0 Å². The molecule has 0 N–H and O–H groups in total. The molecule has 0 rings (SSSR count). The number of allylic oxidation sites excluding steroid dienone is 2. The third-order valence-corrected chi connectivity index (χ3v) is 2.57. The van der Waals surface area contributed by atoms with Crippen LogP contribution in [0.15, 0.2) is 11.6 Å². The molecule has 0 fully saturated rings. The van der Waals surface area contributed by atoms with E-state index in [2.05, 4.69) is 33.8 Å². The summed E-state index contributed by atoms with van der Waals surface area (Å²) in [5, 5.41) is 0. The molecule has 66 valence electrons. The van der Waals surface area contributed by atoms with Gasteiger partial charge in [0, 0.05) is 0 Å². The zero-order valence-electron chi connectivity index (χ0n) is 8.48. The van der Waals surface area contributed by atoms with Gasteiger partial charge in [0.1, 0.15) is 0 Å². The van der Waals surface area contributed by atoms with Crippen LogP contribution in [-0.2, 0) is 0 Å².